The Hall–Kier alpha value is -2.50. The van der Waals surface area contributed by atoms with E-state index in [2.05, 4.69) is 15.6 Å². The minimum atomic E-state index is -0.548. The molecule has 11 nitrogen and oxygen atoms in total. The van der Waals surface area contributed by atoms with Crippen LogP contribution < -0.4 is 10.6 Å². The normalized spacial score (nSPS) is 17.8. The van der Waals surface area contributed by atoms with E-state index in [0.29, 0.717) is 26.1 Å². The minimum absolute atomic E-state index is 0.0562. The van der Waals surface area contributed by atoms with Gasteiger partial charge in [-0.05, 0) is 58.8 Å². The molecule has 1 aliphatic rings. The van der Waals surface area contributed by atoms with Crippen molar-refractivity contribution in [2.45, 2.75) is 76.9 Å². The molecule has 1 aromatic rings. The summed E-state index contributed by atoms with van der Waals surface area (Å²) >= 11 is 1.73. The van der Waals surface area contributed by atoms with Gasteiger partial charge in [0.2, 0.25) is 0 Å². The van der Waals surface area contributed by atoms with Gasteiger partial charge in [-0.25, -0.2) is 14.2 Å². The van der Waals surface area contributed by atoms with Gasteiger partial charge in [-0.15, -0.1) is 11.8 Å². The van der Waals surface area contributed by atoms with Gasteiger partial charge in [0.05, 0.1) is 11.4 Å². The summed E-state index contributed by atoms with van der Waals surface area (Å²) in [4.78, 5) is 40.1. The molecule has 0 spiro atoms. The molecule has 2 heterocycles. The summed E-state index contributed by atoms with van der Waals surface area (Å²) < 4.78 is 7.03. The number of carbonyl (C=O) groups excluding carboxylic acids is 2. The number of nitrogens with zero attached hydrogens (tertiary/aromatic N) is 4. The molecule has 0 aliphatic carbocycles. The zero-order valence-electron chi connectivity index (χ0n) is 19.4. The monoisotopic (exact) mass is 470 g/mol. The Morgan fingerprint density at radius 3 is 2.59 bits per heavy atom. The highest BCUT2D eigenvalue weighted by Gasteiger charge is 2.44. The van der Waals surface area contributed by atoms with Crippen molar-refractivity contribution in [2.75, 3.05) is 18.8 Å². The maximum absolute atomic E-state index is 12.7. The van der Waals surface area contributed by atoms with E-state index >= 15 is 0 Å². The van der Waals surface area contributed by atoms with Crippen LogP contribution in [-0.4, -0.2) is 66.9 Å². The van der Waals surface area contributed by atoms with Gasteiger partial charge < -0.3 is 25.5 Å². The summed E-state index contributed by atoms with van der Waals surface area (Å²) in [5.41, 5.74) is -0.548. The molecule has 12 heteroatoms. The number of ether oxygens (including phenoxy) is 1. The van der Waals surface area contributed by atoms with Crippen molar-refractivity contribution < 1.29 is 19.2 Å². The van der Waals surface area contributed by atoms with E-state index in [4.69, 9.17) is 4.74 Å². The number of aryl methyl sites for hydroxylation is 1. The first-order valence-corrected chi connectivity index (χ1v) is 11.7. The van der Waals surface area contributed by atoms with Gasteiger partial charge in [-0.2, -0.15) is 0 Å². The molecule has 0 aromatic carbocycles. The summed E-state index contributed by atoms with van der Waals surface area (Å²) in [7, 11) is 0. The number of hydrogen-bond acceptors (Lipinski definition) is 7. The van der Waals surface area contributed by atoms with Crippen LogP contribution in [0.3, 0.4) is 0 Å². The van der Waals surface area contributed by atoms with E-state index in [0.717, 1.165) is 18.6 Å². The standard InChI is InChI=1S/C20H34N6O5S/c1-19(2,3)31-18(28)25-15(14-32-20(25,4)5)8-6-9-21-16(27)22-10-7-12-24-13-11-23-17(24)26(29)30/h11,13,15H,6-10,12,14H2,1-5H3,(H2,21,22,27). The third-order valence-corrected chi connectivity index (χ3v) is 6.34. The van der Waals surface area contributed by atoms with Gasteiger partial charge in [-0.3, -0.25) is 4.90 Å². The highest BCUT2D eigenvalue weighted by Crippen LogP contribution is 2.41. The Morgan fingerprint density at radius 2 is 1.97 bits per heavy atom. The second-order valence-electron chi connectivity index (χ2n) is 9.12. The molecule has 180 valence electrons. The molecule has 1 fully saturated rings. The van der Waals surface area contributed by atoms with Crippen LogP contribution in [0.1, 0.15) is 53.9 Å². The fourth-order valence-electron chi connectivity index (χ4n) is 3.48. The summed E-state index contributed by atoms with van der Waals surface area (Å²) in [6.07, 6.45) is 4.66. The van der Waals surface area contributed by atoms with E-state index in [9.17, 15) is 19.7 Å². The molecule has 32 heavy (non-hydrogen) atoms. The van der Waals surface area contributed by atoms with Crippen molar-refractivity contribution in [3.8, 4) is 0 Å². The maximum Gasteiger partial charge on any atom is 0.434 e. The number of amides is 3. The first-order chi connectivity index (χ1) is 14.9. The number of nitrogens with one attached hydrogen (secondary N) is 2. The molecule has 1 unspecified atom stereocenters. The quantitative estimate of drug-likeness (QED) is 0.321. The fourth-order valence-corrected chi connectivity index (χ4v) is 4.76. The lowest BCUT2D eigenvalue weighted by Crippen LogP contribution is -2.49. The number of nitro groups is 1. The van der Waals surface area contributed by atoms with Crippen LogP contribution in [0.5, 0.6) is 0 Å². The molecule has 2 N–H and O–H groups in total. The first-order valence-electron chi connectivity index (χ1n) is 10.7. The third kappa shape index (κ3) is 7.57. The Balaban J connectivity index is 1.67. The molecule has 0 bridgehead atoms. The molecule has 1 aromatic heterocycles. The minimum Gasteiger partial charge on any atom is -0.444 e. The van der Waals surface area contributed by atoms with Gasteiger partial charge >= 0.3 is 18.1 Å². The zero-order chi connectivity index (χ0) is 23.9. The van der Waals surface area contributed by atoms with Gasteiger partial charge in [0.1, 0.15) is 18.0 Å². The van der Waals surface area contributed by atoms with Gasteiger partial charge in [-0.1, -0.05) is 4.98 Å². The second kappa shape index (κ2) is 10.9. The van der Waals surface area contributed by atoms with Gasteiger partial charge in [0, 0.05) is 24.9 Å². The van der Waals surface area contributed by atoms with Crippen LogP contribution in [-0.2, 0) is 11.3 Å². The van der Waals surface area contributed by atoms with Crippen molar-refractivity contribution >= 4 is 29.8 Å². The van der Waals surface area contributed by atoms with Crippen LogP contribution in [0, 0.1) is 10.1 Å². The van der Waals surface area contributed by atoms with Crippen LogP contribution in [0.2, 0.25) is 0 Å². The Kier molecular flexibility index (Phi) is 8.76. The van der Waals surface area contributed by atoms with Crippen molar-refractivity contribution in [3.63, 3.8) is 0 Å². The van der Waals surface area contributed by atoms with E-state index < -0.39 is 10.5 Å². The van der Waals surface area contributed by atoms with Crippen LogP contribution in [0.4, 0.5) is 15.5 Å². The largest absolute Gasteiger partial charge is 0.444 e. The lowest BCUT2D eigenvalue weighted by Gasteiger charge is -2.36. The summed E-state index contributed by atoms with van der Waals surface area (Å²) in [5.74, 6) is 0.627. The predicted molar refractivity (Wildman–Crippen MR) is 123 cm³/mol. The summed E-state index contributed by atoms with van der Waals surface area (Å²) in [6, 6.07) is -0.226. The molecule has 3 amide bonds. The molecular formula is C20H34N6O5S. The van der Waals surface area contributed by atoms with E-state index in [-0.39, 0.29) is 29.0 Å². The highest BCUT2D eigenvalue weighted by atomic mass is 32.2. The van der Waals surface area contributed by atoms with Crippen LogP contribution in [0.15, 0.2) is 12.4 Å². The van der Waals surface area contributed by atoms with Crippen molar-refractivity contribution in [1.29, 1.82) is 0 Å². The van der Waals surface area contributed by atoms with Crippen LogP contribution >= 0.6 is 11.8 Å². The van der Waals surface area contributed by atoms with Crippen LogP contribution in [0.25, 0.3) is 0 Å². The highest BCUT2D eigenvalue weighted by molar-refractivity contribution is 8.00. The average Bonchev–Trinajstić information content (AvgIpc) is 3.24. The summed E-state index contributed by atoms with van der Waals surface area (Å²) in [6.45, 7) is 10.9. The van der Waals surface area contributed by atoms with E-state index in [1.165, 1.54) is 10.8 Å². The smallest absolute Gasteiger partial charge is 0.434 e. The number of aromatic nitrogens is 2. The van der Waals surface area contributed by atoms with Gasteiger partial charge in [0.15, 0.2) is 0 Å². The number of thioether (sulfide) groups is 1. The Bertz CT molecular complexity index is 807. The molecule has 0 radical (unpaired) electrons. The SMILES string of the molecule is CC(C)(C)OC(=O)N1C(CCCNC(=O)NCCCn2ccnc2[N+](=O)[O-])CSC1(C)C. The van der Waals surface area contributed by atoms with Gasteiger partial charge in [0.25, 0.3) is 0 Å². The molecule has 1 atom stereocenters. The van der Waals surface area contributed by atoms with Crippen molar-refractivity contribution in [1.82, 2.24) is 25.1 Å². The molecule has 2 rings (SSSR count). The Labute approximate surface area is 192 Å². The maximum atomic E-state index is 12.7. The van der Waals surface area contributed by atoms with Crippen molar-refractivity contribution in [3.05, 3.63) is 22.5 Å². The number of hydrogen-bond donors (Lipinski definition) is 2. The average molecular weight is 471 g/mol. The topological polar surface area (TPSA) is 132 Å². The zero-order valence-corrected chi connectivity index (χ0v) is 20.2. The predicted octanol–water partition coefficient (Wildman–Crippen LogP) is 3.35. The number of carbonyl (C=O) groups is 2. The first kappa shape index (κ1) is 25.8. The van der Waals surface area contributed by atoms with E-state index in [1.54, 1.807) is 18.0 Å². The lowest BCUT2D eigenvalue weighted by atomic mass is 10.1. The van der Waals surface area contributed by atoms with Crippen molar-refractivity contribution in [2.24, 2.45) is 0 Å². The van der Waals surface area contributed by atoms with E-state index in [1.807, 2.05) is 39.5 Å². The number of urea groups is 1. The summed E-state index contributed by atoms with van der Waals surface area (Å²) in [5, 5.41) is 16.4. The fraction of sp³-hybridized carbons (Fsp3) is 0.750. The lowest BCUT2D eigenvalue weighted by molar-refractivity contribution is -0.396. The number of rotatable bonds is 9. The molecule has 0 saturated carbocycles. The Morgan fingerprint density at radius 1 is 1.31 bits per heavy atom. The molecule has 1 saturated heterocycles. The number of imidazole rings is 1. The molecular weight excluding hydrogens is 436 g/mol. The third-order valence-electron chi connectivity index (χ3n) is 4.88. The molecule has 1 aliphatic heterocycles. The second-order valence-corrected chi connectivity index (χ2v) is 10.7.